The molecular weight excluding hydrogens is 434 g/mol. The van der Waals surface area contributed by atoms with E-state index in [4.69, 9.17) is 4.74 Å². The molecule has 1 unspecified atom stereocenters. The van der Waals surface area contributed by atoms with Crippen LogP contribution in [0.25, 0.3) is 10.8 Å². The molecule has 0 heterocycles. The normalized spacial score (nSPS) is 12.0. The second kappa shape index (κ2) is 7.36. The molecule has 24 heavy (non-hydrogen) atoms. The zero-order chi connectivity index (χ0) is 17.1. The lowest BCUT2D eigenvalue weighted by Gasteiger charge is -2.16. The molecule has 3 aromatic rings. The molecule has 0 spiro atoms. The molecule has 3 nitrogen and oxygen atoms in total. The Labute approximate surface area is 157 Å². The van der Waals surface area contributed by atoms with E-state index in [1.165, 1.54) is 0 Å². The van der Waals surface area contributed by atoms with E-state index in [2.05, 4.69) is 37.2 Å². The Kier molecular flexibility index (Phi) is 5.21. The van der Waals surface area contributed by atoms with Gasteiger partial charge < -0.3 is 10.1 Å². The van der Waals surface area contributed by atoms with Gasteiger partial charge in [-0.05, 0) is 52.5 Å². The van der Waals surface area contributed by atoms with E-state index in [-0.39, 0.29) is 5.91 Å². The number of anilines is 1. The molecule has 0 aromatic heterocycles. The van der Waals surface area contributed by atoms with Gasteiger partial charge in [0.1, 0.15) is 5.75 Å². The summed E-state index contributed by atoms with van der Waals surface area (Å²) in [4.78, 5) is 12.5. The van der Waals surface area contributed by atoms with Crippen LogP contribution in [0.3, 0.4) is 0 Å². The minimum atomic E-state index is -0.624. The molecule has 0 aliphatic carbocycles. The first-order valence-corrected chi connectivity index (χ1v) is 9.03. The summed E-state index contributed by atoms with van der Waals surface area (Å²) in [7, 11) is 0. The van der Waals surface area contributed by atoms with Crippen LogP contribution in [0.2, 0.25) is 0 Å². The number of fused-ring (bicyclic) bond motifs is 1. The van der Waals surface area contributed by atoms with E-state index in [0.29, 0.717) is 5.75 Å². The highest BCUT2D eigenvalue weighted by Gasteiger charge is 2.17. The molecule has 0 radical (unpaired) electrons. The maximum Gasteiger partial charge on any atom is 0.265 e. The van der Waals surface area contributed by atoms with E-state index in [1.54, 1.807) is 6.92 Å². The zero-order valence-corrected chi connectivity index (χ0v) is 16.1. The standard InChI is InChI=1S/C19H15Br2NO2/c1-12(24-18-10-9-14(20)11-16(18)21)19(23)22-17-8-4-6-13-5-2-3-7-15(13)17/h2-12H,1H3,(H,22,23). The first-order valence-electron chi connectivity index (χ1n) is 7.45. The van der Waals surface area contributed by atoms with Crippen molar-refractivity contribution in [1.82, 2.24) is 0 Å². The molecule has 1 amide bonds. The monoisotopic (exact) mass is 447 g/mol. The van der Waals surface area contributed by atoms with Gasteiger partial charge in [-0.15, -0.1) is 0 Å². The van der Waals surface area contributed by atoms with Crippen LogP contribution in [-0.2, 0) is 4.79 Å². The fraction of sp³-hybridized carbons (Fsp3) is 0.105. The van der Waals surface area contributed by atoms with Gasteiger partial charge in [0.2, 0.25) is 0 Å². The van der Waals surface area contributed by atoms with Crippen molar-refractivity contribution in [3.63, 3.8) is 0 Å². The molecule has 0 aliphatic rings. The number of hydrogen-bond donors (Lipinski definition) is 1. The second-order valence-electron chi connectivity index (χ2n) is 5.35. The molecule has 5 heteroatoms. The Morgan fingerprint density at radius 1 is 1.04 bits per heavy atom. The Hall–Kier alpha value is -1.85. The van der Waals surface area contributed by atoms with Crippen LogP contribution in [0.5, 0.6) is 5.75 Å². The summed E-state index contributed by atoms with van der Waals surface area (Å²) < 4.78 is 7.50. The molecule has 0 fully saturated rings. The predicted octanol–water partition coefficient (Wildman–Crippen LogP) is 5.77. The van der Waals surface area contributed by atoms with Gasteiger partial charge in [0, 0.05) is 15.5 Å². The predicted molar refractivity (Wildman–Crippen MR) is 105 cm³/mol. The average molecular weight is 449 g/mol. The lowest BCUT2D eigenvalue weighted by atomic mass is 10.1. The molecule has 122 valence electrons. The average Bonchev–Trinajstić information content (AvgIpc) is 2.57. The van der Waals surface area contributed by atoms with Crippen molar-refractivity contribution in [3.8, 4) is 5.75 Å². The number of carbonyl (C=O) groups is 1. The van der Waals surface area contributed by atoms with Gasteiger partial charge in [0.15, 0.2) is 6.10 Å². The Morgan fingerprint density at radius 2 is 1.79 bits per heavy atom. The van der Waals surface area contributed by atoms with Crippen LogP contribution in [0.1, 0.15) is 6.92 Å². The van der Waals surface area contributed by atoms with E-state index < -0.39 is 6.10 Å². The van der Waals surface area contributed by atoms with Crippen LogP contribution in [0, 0.1) is 0 Å². The zero-order valence-electron chi connectivity index (χ0n) is 12.9. The van der Waals surface area contributed by atoms with E-state index in [1.807, 2.05) is 60.7 Å². The Bertz CT molecular complexity index is 890. The quantitative estimate of drug-likeness (QED) is 0.550. The highest BCUT2D eigenvalue weighted by atomic mass is 79.9. The fourth-order valence-corrected chi connectivity index (χ4v) is 3.52. The van der Waals surface area contributed by atoms with E-state index in [9.17, 15) is 4.79 Å². The summed E-state index contributed by atoms with van der Waals surface area (Å²) >= 11 is 6.83. The lowest BCUT2D eigenvalue weighted by molar-refractivity contribution is -0.122. The van der Waals surface area contributed by atoms with Crippen LogP contribution >= 0.6 is 31.9 Å². The number of hydrogen-bond acceptors (Lipinski definition) is 2. The van der Waals surface area contributed by atoms with Gasteiger partial charge in [0.05, 0.1) is 4.47 Å². The van der Waals surface area contributed by atoms with Crippen molar-refractivity contribution in [1.29, 1.82) is 0 Å². The summed E-state index contributed by atoms with van der Waals surface area (Å²) in [5.74, 6) is 0.431. The summed E-state index contributed by atoms with van der Waals surface area (Å²) in [6, 6.07) is 19.3. The minimum absolute atomic E-state index is 0.193. The summed E-state index contributed by atoms with van der Waals surface area (Å²) in [5, 5.41) is 5.04. The van der Waals surface area contributed by atoms with Crippen molar-refractivity contribution in [2.45, 2.75) is 13.0 Å². The summed E-state index contributed by atoms with van der Waals surface area (Å²) in [6.07, 6.45) is -0.624. The molecule has 3 rings (SSSR count). The first kappa shape index (κ1) is 17.0. The lowest BCUT2D eigenvalue weighted by Crippen LogP contribution is -2.30. The first-order chi connectivity index (χ1) is 11.5. The van der Waals surface area contributed by atoms with Crippen LogP contribution < -0.4 is 10.1 Å². The highest BCUT2D eigenvalue weighted by Crippen LogP contribution is 2.29. The molecule has 0 bridgehead atoms. The van der Waals surface area contributed by atoms with E-state index >= 15 is 0 Å². The molecule has 0 aliphatic heterocycles. The maximum atomic E-state index is 12.5. The van der Waals surface area contributed by atoms with Crippen molar-refractivity contribution in [3.05, 3.63) is 69.6 Å². The molecular formula is C19H15Br2NO2. The van der Waals surface area contributed by atoms with Crippen LogP contribution in [0.15, 0.2) is 69.6 Å². The van der Waals surface area contributed by atoms with Crippen molar-refractivity contribution in [2.24, 2.45) is 0 Å². The molecule has 0 saturated heterocycles. The smallest absolute Gasteiger partial charge is 0.265 e. The number of amides is 1. The number of rotatable bonds is 4. The van der Waals surface area contributed by atoms with Crippen molar-refractivity contribution in [2.75, 3.05) is 5.32 Å². The third kappa shape index (κ3) is 3.79. The largest absolute Gasteiger partial charge is 0.480 e. The number of nitrogens with one attached hydrogen (secondary N) is 1. The van der Waals surface area contributed by atoms with Crippen LogP contribution in [0.4, 0.5) is 5.69 Å². The van der Waals surface area contributed by atoms with E-state index in [0.717, 1.165) is 25.4 Å². The summed E-state index contributed by atoms with van der Waals surface area (Å²) in [6.45, 7) is 1.73. The van der Waals surface area contributed by atoms with Crippen molar-refractivity contribution >= 4 is 54.2 Å². The topological polar surface area (TPSA) is 38.3 Å². The van der Waals surface area contributed by atoms with Gasteiger partial charge in [0.25, 0.3) is 5.91 Å². The Balaban J connectivity index is 1.76. The maximum absolute atomic E-state index is 12.5. The van der Waals surface area contributed by atoms with Crippen molar-refractivity contribution < 1.29 is 9.53 Å². The number of carbonyl (C=O) groups excluding carboxylic acids is 1. The van der Waals surface area contributed by atoms with Gasteiger partial charge in [-0.2, -0.15) is 0 Å². The van der Waals surface area contributed by atoms with Gasteiger partial charge in [-0.3, -0.25) is 4.79 Å². The minimum Gasteiger partial charge on any atom is -0.480 e. The highest BCUT2D eigenvalue weighted by molar-refractivity contribution is 9.11. The molecule has 0 saturated carbocycles. The third-order valence-corrected chi connectivity index (χ3v) is 4.73. The van der Waals surface area contributed by atoms with Gasteiger partial charge in [-0.1, -0.05) is 52.3 Å². The SMILES string of the molecule is CC(Oc1ccc(Br)cc1Br)C(=O)Nc1cccc2ccccc12. The van der Waals surface area contributed by atoms with Gasteiger partial charge in [-0.25, -0.2) is 0 Å². The van der Waals surface area contributed by atoms with Crippen LogP contribution in [-0.4, -0.2) is 12.0 Å². The molecule has 3 aromatic carbocycles. The molecule has 1 N–H and O–H groups in total. The second-order valence-corrected chi connectivity index (χ2v) is 7.12. The fourth-order valence-electron chi connectivity index (χ4n) is 2.38. The Morgan fingerprint density at radius 3 is 2.58 bits per heavy atom. The van der Waals surface area contributed by atoms with Gasteiger partial charge >= 0.3 is 0 Å². The number of halogens is 2. The molecule has 1 atom stereocenters. The third-order valence-electron chi connectivity index (χ3n) is 3.61. The summed E-state index contributed by atoms with van der Waals surface area (Å²) in [5.41, 5.74) is 0.781. The number of ether oxygens (including phenoxy) is 1. The number of benzene rings is 3.